The topological polar surface area (TPSA) is 54.4 Å². The van der Waals surface area contributed by atoms with Crippen molar-refractivity contribution in [3.8, 4) is 0 Å². The van der Waals surface area contributed by atoms with Crippen LogP contribution < -0.4 is 5.32 Å². The third-order valence-corrected chi connectivity index (χ3v) is 3.91. The lowest BCUT2D eigenvalue weighted by molar-refractivity contribution is -0.0617. The molecule has 1 aromatic heterocycles. The smallest absolute Gasteiger partial charge is 0.0815 e. The first-order valence-corrected chi connectivity index (χ1v) is 7.09. The van der Waals surface area contributed by atoms with E-state index in [0.717, 1.165) is 11.9 Å². The van der Waals surface area contributed by atoms with Gasteiger partial charge >= 0.3 is 0 Å². The van der Waals surface area contributed by atoms with Gasteiger partial charge in [-0.25, -0.2) is 0 Å². The Balaban J connectivity index is 1.59. The molecule has 2 aromatic rings. The molecule has 1 aliphatic rings. The van der Waals surface area contributed by atoms with Crippen molar-refractivity contribution in [3.05, 3.63) is 42.2 Å². The van der Waals surface area contributed by atoms with E-state index in [1.807, 2.05) is 18.5 Å². The normalized spacial score (nSPS) is 18.2. The SMILES string of the molecule is OC1(CNCc2ccc3cnccc3c2)CCOCC1. The van der Waals surface area contributed by atoms with Crippen LogP contribution in [0.2, 0.25) is 0 Å². The van der Waals surface area contributed by atoms with Gasteiger partial charge in [-0.1, -0.05) is 12.1 Å². The fourth-order valence-corrected chi connectivity index (χ4v) is 2.61. The average Bonchev–Trinajstić information content (AvgIpc) is 2.48. The molecule has 1 aliphatic heterocycles. The van der Waals surface area contributed by atoms with Crippen molar-refractivity contribution in [2.24, 2.45) is 0 Å². The maximum Gasteiger partial charge on any atom is 0.0815 e. The minimum Gasteiger partial charge on any atom is -0.388 e. The zero-order valence-corrected chi connectivity index (χ0v) is 11.5. The number of benzene rings is 1. The molecule has 0 bridgehead atoms. The molecule has 0 aliphatic carbocycles. The van der Waals surface area contributed by atoms with E-state index in [9.17, 15) is 5.11 Å². The predicted molar refractivity (Wildman–Crippen MR) is 78.5 cm³/mol. The summed E-state index contributed by atoms with van der Waals surface area (Å²) >= 11 is 0. The number of rotatable bonds is 4. The molecular formula is C16H20N2O2. The number of aliphatic hydroxyl groups is 1. The van der Waals surface area contributed by atoms with Gasteiger partial charge in [-0.05, 0) is 23.1 Å². The molecule has 1 aromatic carbocycles. The molecule has 2 heterocycles. The summed E-state index contributed by atoms with van der Waals surface area (Å²) in [6.07, 6.45) is 5.11. The minimum atomic E-state index is -0.612. The Kier molecular flexibility index (Phi) is 3.96. The molecule has 106 valence electrons. The quantitative estimate of drug-likeness (QED) is 0.892. The molecular weight excluding hydrogens is 252 g/mol. The fourth-order valence-electron chi connectivity index (χ4n) is 2.61. The molecule has 3 rings (SSSR count). The van der Waals surface area contributed by atoms with E-state index in [1.165, 1.54) is 10.9 Å². The molecule has 1 saturated heterocycles. The molecule has 4 nitrogen and oxygen atoms in total. The Morgan fingerprint density at radius 1 is 1.20 bits per heavy atom. The van der Waals surface area contributed by atoms with E-state index >= 15 is 0 Å². The van der Waals surface area contributed by atoms with E-state index in [-0.39, 0.29) is 0 Å². The van der Waals surface area contributed by atoms with Crippen LogP contribution >= 0.6 is 0 Å². The van der Waals surface area contributed by atoms with Gasteiger partial charge in [0.15, 0.2) is 0 Å². The van der Waals surface area contributed by atoms with Crippen LogP contribution in [0.3, 0.4) is 0 Å². The summed E-state index contributed by atoms with van der Waals surface area (Å²) < 4.78 is 5.28. The Hall–Kier alpha value is -1.49. The van der Waals surface area contributed by atoms with Crippen LogP contribution in [-0.4, -0.2) is 35.5 Å². The summed E-state index contributed by atoms with van der Waals surface area (Å²) in [5.74, 6) is 0. The van der Waals surface area contributed by atoms with Crippen molar-refractivity contribution < 1.29 is 9.84 Å². The first-order valence-electron chi connectivity index (χ1n) is 7.09. The number of nitrogens with zero attached hydrogens (tertiary/aromatic N) is 1. The average molecular weight is 272 g/mol. The van der Waals surface area contributed by atoms with Crippen LogP contribution in [0.25, 0.3) is 10.8 Å². The number of ether oxygens (including phenoxy) is 1. The number of aromatic nitrogens is 1. The zero-order chi connectivity index (χ0) is 13.8. The Morgan fingerprint density at radius 2 is 2.05 bits per heavy atom. The summed E-state index contributed by atoms with van der Waals surface area (Å²) in [6.45, 7) is 2.69. The highest BCUT2D eigenvalue weighted by Gasteiger charge is 2.28. The molecule has 0 amide bonds. The highest BCUT2D eigenvalue weighted by molar-refractivity contribution is 5.81. The third-order valence-electron chi connectivity index (χ3n) is 3.91. The van der Waals surface area contributed by atoms with Crippen molar-refractivity contribution in [2.45, 2.75) is 25.0 Å². The van der Waals surface area contributed by atoms with Crippen molar-refractivity contribution in [1.82, 2.24) is 10.3 Å². The predicted octanol–water partition coefficient (Wildman–Crippen LogP) is 1.87. The molecule has 20 heavy (non-hydrogen) atoms. The first-order chi connectivity index (χ1) is 9.75. The van der Waals surface area contributed by atoms with Gasteiger partial charge in [0.2, 0.25) is 0 Å². The van der Waals surface area contributed by atoms with E-state index < -0.39 is 5.60 Å². The largest absolute Gasteiger partial charge is 0.388 e. The molecule has 0 saturated carbocycles. The van der Waals surface area contributed by atoms with Crippen molar-refractivity contribution in [3.63, 3.8) is 0 Å². The first kappa shape index (κ1) is 13.5. The van der Waals surface area contributed by atoms with Gasteiger partial charge in [0.25, 0.3) is 0 Å². The lowest BCUT2D eigenvalue weighted by atomic mass is 9.94. The third kappa shape index (κ3) is 3.15. The van der Waals surface area contributed by atoms with Gasteiger partial charge in [-0.2, -0.15) is 0 Å². The van der Waals surface area contributed by atoms with E-state index in [1.54, 1.807) is 0 Å². The highest BCUT2D eigenvalue weighted by atomic mass is 16.5. The second kappa shape index (κ2) is 5.87. The number of nitrogens with one attached hydrogen (secondary N) is 1. The summed E-state index contributed by atoms with van der Waals surface area (Å²) in [5, 5.41) is 16.1. The minimum absolute atomic E-state index is 0.612. The van der Waals surface area contributed by atoms with Gasteiger partial charge in [0, 0.05) is 56.9 Å². The van der Waals surface area contributed by atoms with Gasteiger partial charge in [-0.3, -0.25) is 4.98 Å². The highest BCUT2D eigenvalue weighted by Crippen LogP contribution is 2.20. The second-order valence-electron chi connectivity index (χ2n) is 5.50. The van der Waals surface area contributed by atoms with Crippen LogP contribution in [0.15, 0.2) is 36.7 Å². The van der Waals surface area contributed by atoms with Crippen LogP contribution in [0, 0.1) is 0 Å². The fraction of sp³-hybridized carbons (Fsp3) is 0.438. The number of pyridine rings is 1. The second-order valence-corrected chi connectivity index (χ2v) is 5.50. The summed E-state index contributed by atoms with van der Waals surface area (Å²) in [5.41, 5.74) is 0.610. The van der Waals surface area contributed by atoms with Gasteiger partial charge in [0.1, 0.15) is 0 Å². The van der Waals surface area contributed by atoms with E-state index in [2.05, 4.69) is 28.5 Å². The Bertz CT molecular complexity index is 579. The standard InChI is InChI=1S/C16H20N2O2/c19-16(4-7-20-8-5-16)12-18-10-13-1-2-15-11-17-6-3-14(15)9-13/h1-3,6,9,11,18-19H,4-5,7-8,10,12H2. The van der Waals surface area contributed by atoms with Crippen molar-refractivity contribution >= 4 is 10.8 Å². The number of hydrogen-bond donors (Lipinski definition) is 2. The summed E-state index contributed by atoms with van der Waals surface area (Å²) in [7, 11) is 0. The lowest BCUT2D eigenvalue weighted by Gasteiger charge is -2.32. The Labute approximate surface area is 118 Å². The summed E-state index contributed by atoms with van der Waals surface area (Å²) in [6, 6.07) is 8.37. The molecule has 4 heteroatoms. The van der Waals surface area contributed by atoms with Gasteiger partial charge in [0.05, 0.1) is 5.60 Å². The van der Waals surface area contributed by atoms with Gasteiger partial charge in [-0.15, -0.1) is 0 Å². The molecule has 0 unspecified atom stereocenters. The molecule has 1 fully saturated rings. The molecule has 2 N–H and O–H groups in total. The van der Waals surface area contributed by atoms with Crippen molar-refractivity contribution in [1.29, 1.82) is 0 Å². The van der Waals surface area contributed by atoms with Crippen LogP contribution in [-0.2, 0) is 11.3 Å². The number of hydrogen-bond acceptors (Lipinski definition) is 4. The van der Waals surface area contributed by atoms with Crippen LogP contribution in [0.4, 0.5) is 0 Å². The van der Waals surface area contributed by atoms with Gasteiger partial charge < -0.3 is 15.2 Å². The van der Waals surface area contributed by atoms with Crippen molar-refractivity contribution in [2.75, 3.05) is 19.8 Å². The van der Waals surface area contributed by atoms with Crippen LogP contribution in [0.1, 0.15) is 18.4 Å². The molecule has 0 radical (unpaired) electrons. The summed E-state index contributed by atoms with van der Waals surface area (Å²) in [4.78, 5) is 4.11. The van der Waals surface area contributed by atoms with E-state index in [0.29, 0.717) is 32.6 Å². The zero-order valence-electron chi connectivity index (χ0n) is 11.5. The lowest BCUT2D eigenvalue weighted by Crippen LogP contribution is -2.44. The monoisotopic (exact) mass is 272 g/mol. The van der Waals surface area contributed by atoms with Crippen LogP contribution in [0.5, 0.6) is 0 Å². The van der Waals surface area contributed by atoms with E-state index in [4.69, 9.17) is 4.74 Å². The maximum atomic E-state index is 10.4. The number of fused-ring (bicyclic) bond motifs is 1. The molecule has 0 atom stereocenters. The maximum absolute atomic E-state index is 10.4. The molecule has 0 spiro atoms. The Morgan fingerprint density at radius 3 is 2.90 bits per heavy atom.